The van der Waals surface area contributed by atoms with Gasteiger partial charge in [-0.15, -0.1) is 0 Å². The SMILES string of the molecule is Cc1nccn1CCN(S)C(=O)NCCSCc1ccc(CN(C)C)o1. The van der Waals surface area contributed by atoms with Gasteiger partial charge in [0.2, 0.25) is 0 Å². The van der Waals surface area contributed by atoms with Crippen LogP contribution in [0.2, 0.25) is 0 Å². The highest BCUT2D eigenvalue weighted by Crippen LogP contribution is 2.16. The first-order valence-corrected chi connectivity index (χ1v) is 10.0. The molecule has 0 unspecified atom stereocenters. The zero-order valence-electron chi connectivity index (χ0n) is 15.5. The van der Waals surface area contributed by atoms with Crippen LogP contribution in [-0.2, 0) is 18.8 Å². The number of hydrogen-bond acceptors (Lipinski definition) is 6. The number of thioether (sulfide) groups is 1. The molecule has 7 nitrogen and oxygen atoms in total. The van der Waals surface area contributed by atoms with Crippen molar-refractivity contribution in [3.8, 4) is 0 Å². The van der Waals surface area contributed by atoms with Crippen molar-refractivity contribution in [2.24, 2.45) is 0 Å². The van der Waals surface area contributed by atoms with Gasteiger partial charge >= 0.3 is 6.03 Å². The average molecular weight is 398 g/mol. The summed E-state index contributed by atoms with van der Waals surface area (Å²) in [5.41, 5.74) is 0. The Morgan fingerprint density at radius 1 is 1.38 bits per heavy atom. The van der Waals surface area contributed by atoms with E-state index in [-0.39, 0.29) is 6.03 Å². The molecule has 0 aliphatic heterocycles. The van der Waals surface area contributed by atoms with E-state index in [1.165, 1.54) is 4.31 Å². The van der Waals surface area contributed by atoms with Crippen LogP contribution in [0, 0.1) is 6.92 Å². The summed E-state index contributed by atoms with van der Waals surface area (Å²) in [7, 11) is 4.03. The molecule has 26 heavy (non-hydrogen) atoms. The van der Waals surface area contributed by atoms with Crippen LogP contribution in [0.1, 0.15) is 17.3 Å². The van der Waals surface area contributed by atoms with Gasteiger partial charge in [0.25, 0.3) is 0 Å². The summed E-state index contributed by atoms with van der Waals surface area (Å²) in [6, 6.07) is 3.84. The van der Waals surface area contributed by atoms with Crippen molar-refractivity contribution in [1.29, 1.82) is 0 Å². The fourth-order valence-corrected chi connectivity index (χ4v) is 3.24. The van der Waals surface area contributed by atoms with E-state index >= 15 is 0 Å². The molecule has 2 heterocycles. The number of aromatic nitrogens is 2. The number of nitrogens with zero attached hydrogens (tertiary/aromatic N) is 4. The molecule has 0 aliphatic carbocycles. The normalized spacial score (nSPS) is 11.1. The number of furan rings is 1. The second-order valence-corrected chi connectivity index (χ2v) is 7.77. The number of carbonyl (C=O) groups is 1. The Labute approximate surface area is 164 Å². The maximum atomic E-state index is 12.0. The molecule has 2 rings (SSSR count). The minimum atomic E-state index is -0.182. The number of urea groups is 1. The highest BCUT2D eigenvalue weighted by molar-refractivity contribution is 7.98. The van der Waals surface area contributed by atoms with E-state index < -0.39 is 0 Å². The second kappa shape index (κ2) is 10.5. The number of hydrogen-bond donors (Lipinski definition) is 2. The Hall–Kier alpha value is -1.58. The van der Waals surface area contributed by atoms with E-state index in [0.29, 0.717) is 19.6 Å². The van der Waals surface area contributed by atoms with Crippen LogP contribution in [-0.4, -0.2) is 57.7 Å². The molecule has 0 atom stereocenters. The Morgan fingerprint density at radius 3 is 2.85 bits per heavy atom. The quantitative estimate of drug-likeness (QED) is 0.477. The standard InChI is InChI=1S/C17H27N5O2S2/c1-14-18-6-8-21(14)9-10-22(25)17(23)19-7-11-26-13-16-5-4-15(24-16)12-20(2)3/h4-6,8,25H,7,9-13H2,1-3H3,(H,19,23). The molecule has 9 heteroatoms. The topological polar surface area (TPSA) is 66.5 Å². The maximum Gasteiger partial charge on any atom is 0.327 e. The van der Waals surface area contributed by atoms with Crippen LogP contribution in [0.25, 0.3) is 0 Å². The van der Waals surface area contributed by atoms with Crippen molar-refractivity contribution < 1.29 is 9.21 Å². The van der Waals surface area contributed by atoms with Gasteiger partial charge in [0.15, 0.2) is 0 Å². The van der Waals surface area contributed by atoms with Crippen molar-refractivity contribution in [2.45, 2.75) is 25.8 Å². The third-order valence-corrected chi connectivity index (χ3v) is 5.03. The summed E-state index contributed by atoms with van der Waals surface area (Å²) in [4.78, 5) is 18.2. The van der Waals surface area contributed by atoms with Gasteiger partial charge < -0.3 is 19.2 Å². The lowest BCUT2D eigenvalue weighted by Crippen LogP contribution is -2.36. The van der Waals surface area contributed by atoms with Gasteiger partial charge in [-0.3, -0.25) is 4.31 Å². The van der Waals surface area contributed by atoms with Crippen LogP contribution in [0.15, 0.2) is 28.9 Å². The summed E-state index contributed by atoms with van der Waals surface area (Å²) in [5, 5.41) is 2.87. The predicted molar refractivity (Wildman–Crippen MR) is 108 cm³/mol. The number of nitrogens with one attached hydrogen (secondary N) is 1. The number of amides is 2. The predicted octanol–water partition coefficient (Wildman–Crippen LogP) is 2.64. The van der Waals surface area contributed by atoms with Crippen LogP contribution in [0.5, 0.6) is 0 Å². The van der Waals surface area contributed by atoms with Gasteiger partial charge in [0, 0.05) is 31.2 Å². The molecular formula is C17H27N5O2S2. The smallest absolute Gasteiger partial charge is 0.327 e. The summed E-state index contributed by atoms with van der Waals surface area (Å²) < 4.78 is 9.14. The number of thiol groups is 1. The Bertz CT molecular complexity index is 686. The van der Waals surface area contributed by atoms with Gasteiger partial charge in [0.1, 0.15) is 17.3 Å². The highest BCUT2D eigenvalue weighted by atomic mass is 32.2. The lowest BCUT2D eigenvalue weighted by Gasteiger charge is -2.17. The zero-order valence-corrected chi connectivity index (χ0v) is 17.2. The summed E-state index contributed by atoms with van der Waals surface area (Å²) >= 11 is 5.97. The van der Waals surface area contributed by atoms with Crippen molar-refractivity contribution in [3.63, 3.8) is 0 Å². The molecule has 0 saturated carbocycles. The molecule has 0 radical (unpaired) electrons. The first kappa shape index (κ1) is 20.7. The molecule has 0 spiro atoms. The fourth-order valence-electron chi connectivity index (χ4n) is 2.33. The molecule has 2 aromatic rings. The molecule has 2 aromatic heterocycles. The van der Waals surface area contributed by atoms with Crippen molar-refractivity contribution in [2.75, 3.05) is 32.9 Å². The molecule has 0 saturated heterocycles. The third-order valence-electron chi connectivity index (χ3n) is 3.67. The second-order valence-electron chi connectivity index (χ2n) is 6.18. The first-order valence-electron chi connectivity index (χ1n) is 8.47. The molecule has 0 aromatic carbocycles. The van der Waals surface area contributed by atoms with Gasteiger partial charge in [0.05, 0.1) is 18.8 Å². The Kier molecular flexibility index (Phi) is 8.40. The van der Waals surface area contributed by atoms with E-state index in [1.807, 2.05) is 43.9 Å². The molecule has 2 amide bonds. The van der Waals surface area contributed by atoms with Crippen LogP contribution in [0.4, 0.5) is 4.79 Å². The molecule has 0 bridgehead atoms. The van der Waals surface area contributed by atoms with E-state index in [9.17, 15) is 4.79 Å². The molecule has 144 valence electrons. The van der Waals surface area contributed by atoms with Gasteiger partial charge in [-0.05, 0) is 33.2 Å². The van der Waals surface area contributed by atoms with Crippen LogP contribution in [0.3, 0.4) is 0 Å². The largest absolute Gasteiger partial charge is 0.464 e. The average Bonchev–Trinajstić information content (AvgIpc) is 3.20. The lowest BCUT2D eigenvalue weighted by atomic mass is 10.4. The van der Waals surface area contributed by atoms with Crippen LogP contribution < -0.4 is 5.32 Å². The summed E-state index contributed by atoms with van der Waals surface area (Å²) in [5.74, 6) is 4.48. The molecule has 1 N–H and O–H groups in total. The minimum absolute atomic E-state index is 0.182. The molecule has 0 fully saturated rings. The van der Waals surface area contributed by atoms with E-state index in [0.717, 1.165) is 35.4 Å². The minimum Gasteiger partial charge on any atom is -0.464 e. The van der Waals surface area contributed by atoms with Crippen LogP contribution >= 0.6 is 24.6 Å². The maximum absolute atomic E-state index is 12.0. The van der Waals surface area contributed by atoms with Crippen molar-refractivity contribution in [3.05, 3.63) is 41.9 Å². The van der Waals surface area contributed by atoms with Gasteiger partial charge in [-0.25, -0.2) is 9.78 Å². The summed E-state index contributed by atoms with van der Waals surface area (Å²) in [6.07, 6.45) is 3.64. The van der Waals surface area contributed by atoms with Crippen molar-refractivity contribution >= 4 is 30.6 Å². The fraction of sp³-hybridized carbons (Fsp3) is 0.529. The molecular weight excluding hydrogens is 370 g/mol. The number of imidazole rings is 1. The first-order chi connectivity index (χ1) is 12.5. The van der Waals surface area contributed by atoms with Gasteiger partial charge in [-0.2, -0.15) is 11.8 Å². The highest BCUT2D eigenvalue weighted by Gasteiger charge is 2.09. The number of carbonyl (C=O) groups excluding carboxylic acids is 1. The summed E-state index contributed by atoms with van der Waals surface area (Å²) in [6.45, 7) is 4.52. The number of aryl methyl sites for hydroxylation is 1. The monoisotopic (exact) mass is 397 g/mol. The number of rotatable bonds is 10. The van der Waals surface area contributed by atoms with Crippen molar-refractivity contribution in [1.82, 2.24) is 24.1 Å². The Balaban J connectivity index is 1.58. The van der Waals surface area contributed by atoms with Gasteiger partial charge in [-0.1, -0.05) is 12.8 Å². The van der Waals surface area contributed by atoms with E-state index in [2.05, 4.69) is 28.0 Å². The van der Waals surface area contributed by atoms with E-state index in [4.69, 9.17) is 4.42 Å². The Morgan fingerprint density at radius 2 is 2.15 bits per heavy atom. The lowest BCUT2D eigenvalue weighted by molar-refractivity contribution is 0.226. The third kappa shape index (κ3) is 6.97. The molecule has 0 aliphatic rings. The zero-order chi connectivity index (χ0) is 18.9. The van der Waals surface area contributed by atoms with E-state index in [1.54, 1.807) is 18.0 Å².